The van der Waals surface area contributed by atoms with Gasteiger partial charge >= 0.3 is 5.91 Å². The van der Waals surface area contributed by atoms with Crippen LogP contribution >= 0.6 is 0 Å². The summed E-state index contributed by atoms with van der Waals surface area (Å²) >= 11 is 0. The van der Waals surface area contributed by atoms with Gasteiger partial charge in [0.25, 0.3) is 5.56 Å². The molecule has 4 aliphatic rings. The highest BCUT2D eigenvalue weighted by atomic mass is 16.5. The number of methoxy groups -OCH3 is 1. The molecule has 224 valence electrons. The van der Waals surface area contributed by atoms with Crippen LogP contribution in [-0.2, 0) is 11.8 Å². The third kappa shape index (κ3) is 3.53. The number of nitrogens with zero attached hydrogens (tertiary/aromatic N) is 1. The van der Waals surface area contributed by atoms with Gasteiger partial charge in [0.15, 0.2) is 16.9 Å². The van der Waals surface area contributed by atoms with E-state index in [0.29, 0.717) is 5.56 Å². The molecule has 45 heavy (non-hydrogen) atoms. The monoisotopic (exact) mass is 609 g/mol. The zero-order valence-corrected chi connectivity index (χ0v) is 23.0. The molecule has 0 aliphatic heterocycles. The van der Waals surface area contributed by atoms with Gasteiger partial charge in [0.05, 0.1) is 51.5 Å². The van der Waals surface area contributed by atoms with Gasteiger partial charge in [0.2, 0.25) is 16.3 Å². The molecule has 0 bridgehead atoms. The van der Waals surface area contributed by atoms with Crippen molar-refractivity contribution in [2.45, 2.75) is 18.3 Å². The van der Waals surface area contributed by atoms with E-state index in [0.717, 1.165) is 13.2 Å². The number of aromatic hydroxyl groups is 1. The van der Waals surface area contributed by atoms with Crippen molar-refractivity contribution in [2.24, 2.45) is 5.10 Å². The number of phenols is 1. The van der Waals surface area contributed by atoms with Crippen LogP contribution in [0.15, 0.2) is 70.1 Å². The number of amides is 1. The van der Waals surface area contributed by atoms with Gasteiger partial charge in [0.1, 0.15) is 22.7 Å². The smallest absolute Gasteiger partial charge is 0.307 e. The Morgan fingerprint density at radius 3 is 2.38 bits per heavy atom. The van der Waals surface area contributed by atoms with Gasteiger partial charge in [-0.05, 0) is 42.0 Å². The molecule has 0 fully saturated rings. The molecule has 1 unspecified atom stereocenters. The van der Waals surface area contributed by atoms with Crippen LogP contribution in [-0.4, -0.2) is 39.5 Å². The van der Waals surface area contributed by atoms with Crippen molar-refractivity contribution in [3.05, 3.63) is 131 Å². The molecule has 1 spiro atoms. The Morgan fingerprint density at radius 1 is 1.00 bits per heavy atom. The third-order valence-corrected chi connectivity index (χ3v) is 8.39. The predicted octanol–water partition coefficient (Wildman–Crippen LogP) is -1.13. The topological polar surface area (TPSA) is 226 Å². The fourth-order valence-corrected chi connectivity index (χ4v) is 6.46. The second-order valence-corrected chi connectivity index (χ2v) is 10.6. The third-order valence-electron chi connectivity index (χ3n) is 8.39. The molecule has 1 amide bonds. The molecule has 4 aliphatic carbocycles. The number of hydrogen-bond donors (Lipinski definition) is 5. The molecular formula is C31H19N3O11. The molecule has 14 nitrogen and oxygen atoms in total. The fraction of sp³-hybridized carbons (Fsp3) is 0.129. The molecule has 0 radical (unpaired) electrons. The number of aliphatic hydroxyl groups is 2. The minimum Gasteiger partial charge on any atom is -0.510 e. The normalized spacial score (nSPS) is 17.1. The van der Waals surface area contributed by atoms with Crippen LogP contribution in [0.3, 0.4) is 0 Å². The van der Waals surface area contributed by atoms with Crippen molar-refractivity contribution in [3.8, 4) is 11.5 Å². The zero-order valence-electron chi connectivity index (χ0n) is 23.0. The number of hydrazone groups is 1. The molecule has 1 aromatic carbocycles. The number of H-pyrrole nitrogens is 1. The summed E-state index contributed by atoms with van der Waals surface area (Å²) in [5.41, 5.74) is -4.43. The van der Waals surface area contributed by atoms with Crippen LogP contribution in [0.25, 0.3) is 22.3 Å². The van der Waals surface area contributed by atoms with Crippen molar-refractivity contribution in [1.29, 1.82) is 0 Å². The first-order chi connectivity index (χ1) is 21.5. The van der Waals surface area contributed by atoms with Crippen LogP contribution in [0.2, 0.25) is 0 Å². The molecule has 5 N–H and O–H groups in total. The molecular weight excluding hydrogens is 590 g/mol. The maximum atomic E-state index is 13.6. The number of hydrogen-bond acceptors (Lipinski definition) is 12. The van der Waals surface area contributed by atoms with E-state index in [9.17, 15) is 44.1 Å². The molecule has 0 saturated heterocycles. The highest BCUT2D eigenvalue weighted by molar-refractivity contribution is 5.97. The van der Waals surface area contributed by atoms with E-state index in [-0.39, 0.29) is 40.6 Å². The number of aliphatic hydroxyl groups excluding tert-OH is 2. The van der Waals surface area contributed by atoms with Gasteiger partial charge in [-0.25, -0.2) is 5.43 Å². The maximum absolute atomic E-state index is 13.6. The van der Waals surface area contributed by atoms with E-state index in [1.54, 1.807) is 6.07 Å². The summed E-state index contributed by atoms with van der Waals surface area (Å²) in [5.74, 6) is -3.29. The SMILES string of the molecule is COc1cc(=O)c2c(=O)c3c(c(=O)c=2c1=O)=C(O)C1(CCc2cc4cc(C=NNC(=O)c5ccco5)[nH]c(=O)c4c(O)c21)C=3O. The Bertz CT molecular complexity index is 2670. The van der Waals surface area contributed by atoms with E-state index in [2.05, 4.69) is 15.5 Å². The number of aromatic amines is 1. The van der Waals surface area contributed by atoms with E-state index >= 15 is 0 Å². The summed E-state index contributed by atoms with van der Waals surface area (Å²) in [6.45, 7) is 0. The lowest BCUT2D eigenvalue weighted by atomic mass is 9.78. The average molecular weight is 610 g/mol. The number of pyridine rings is 1. The minimum absolute atomic E-state index is 0.0192. The van der Waals surface area contributed by atoms with Crippen molar-refractivity contribution in [3.63, 3.8) is 0 Å². The first-order valence-corrected chi connectivity index (χ1v) is 13.4. The Morgan fingerprint density at radius 2 is 1.71 bits per heavy atom. The van der Waals surface area contributed by atoms with E-state index in [1.807, 2.05) is 0 Å². The fourth-order valence-electron chi connectivity index (χ4n) is 6.46. The summed E-state index contributed by atoms with van der Waals surface area (Å²) in [7, 11) is 1.11. The second-order valence-electron chi connectivity index (χ2n) is 10.6. The number of carbonyl (C=O) groups excluding carboxylic acids is 1. The van der Waals surface area contributed by atoms with Crippen LogP contribution in [0.1, 0.15) is 33.8 Å². The number of benzene rings is 1. The molecule has 7 rings (SSSR count). The number of rotatable bonds is 4. The van der Waals surface area contributed by atoms with Crippen molar-refractivity contribution in [1.82, 2.24) is 10.4 Å². The molecule has 2 aromatic heterocycles. The van der Waals surface area contributed by atoms with E-state index < -0.39 is 82.5 Å². The quantitative estimate of drug-likeness (QED) is 0.121. The summed E-state index contributed by atoms with van der Waals surface area (Å²) in [6, 6.07) is 6.74. The van der Waals surface area contributed by atoms with Crippen molar-refractivity contribution < 1.29 is 29.3 Å². The highest BCUT2D eigenvalue weighted by Crippen LogP contribution is 2.54. The summed E-state index contributed by atoms with van der Waals surface area (Å²) < 4.78 is 9.87. The standard InChI is InChI=1S/C31H19N3O11/c1-44-16-9-14(35)18-19(23(16)36)25(38)21-20(24(18)37)27(40)31(28(21)41)5-4-11-7-12-8-13(33-30(43)17(12)26(39)22(11)31)10-32-34-29(42)15-3-2-6-45-15/h2-3,6-10,39-41H,4-5H2,1H3,(H,33,43)(H,34,42). The van der Waals surface area contributed by atoms with Crippen LogP contribution in [0, 0.1) is 10.4 Å². The van der Waals surface area contributed by atoms with Gasteiger partial charge in [-0.2, -0.15) is 5.10 Å². The van der Waals surface area contributed by atoms with Crippen LogP contribution in [0.5, 0.6) is 11.5 Å². The Labute approximate surface area is 247 Å². The Hall–Kier alpha value is -6.31. The molecule has 14 heteroatoms. The molecule has 2 heterocycles. The average Bonchev–Trinajstić information content (AvgIpc) is 3.72. The molecule has 0 saturated carbocycles. The lowest BCUT2D eigenvalue weighted by Gasteiger charge is -2.27. The summed E-state index contributed by atoms with van der Waals surface area (Å²) in [5, 5.41) is 35.5. The van der Waals surface area contributed by atoms with E-state index in [4.69, 9.17) is 9.15 Å². The van der Waals surface area contributed by atoms with Crippen LogP contribution in [0.4, 0.5) is 0 Å². The summed E-state index contributed by atoms with van der Waals surface area (Å²) in [4.78, 5) is 80.6. The summed E-state index contributed by atoms with van der Waals surface area (Å²) in [6.07, 6.45) is 2.47. The van der Waals surface area contributed by atoms with Crippen molar-refractivity contribution in [2.75, 3.05) is 7.11 Å². The van der Waals surface area contributed by atoms with E-state index in [1.165, 1.54) is 30.7 Å². The predicted molar refractivity (Wildman–Crippen MR) is 157 cm³/mol. The lowest BCUT2D eigenvalue weighted by molar-refractivity contribution is 0.0927. The van der Waals surface area contributed by atoms with Gasteiger partial charge in [-0.15, -0.1) is 0 Å². The number of aromatic nitrogens is 1. The zero-order chi connectivity index (χ0) is 31.9. The first kappa shape index (κ1) is 27.5. The number of phenolic OH excluding ortho intramolecular Hbond substituents is 1. The van der Waals surface area contributed by atoms with Gasteiger partial charge in [0, 0.05) is 11.6 Å². The number of carbonyl (C=O) groups is 1. The minimum atomic E-state index is -2.01. The van der Waals surface area contributed by atoms with Crippen LogP contribution < -0.4 is 47.9 Å². The van der Waals surface area contributed by atoms with Gasteiger partial charge < -0.3 is 29.5 Å². The number of aryl methyl sites for hydroxylation is 1. The highest BCUT2D eigenvalue weighted by Gasteiger charge is 2.53. The molecule has 3 aromatic rings. The first-order valence-electron chi connectivity index (χ1n) is 13.4. The van der Waals surface area contributed by atoms with Gasteiger partial charge in [-0.1, -0.05) is 6.07 Å². The Kier molecular flexibility index (Phi) is 5.71. The lowest BCUT2D eigenvalue weighted by Crippen LogP contribution is -2.51. The number of nitrogens with one attached hydrogen (secondary N) is 2. The largest absolute Gasteiger partial charge is 0.510 e. The second kappa shape index (κ2) is 9.34. The van der Waals surface area contributed by atoms with Gasteiger partial charge in [-0.3, -0.25) is 28.8 Å². The molecule has 1 atom stereocenters. The number of fused-ring (bicyclic) bond motifs is 4. The van der Waals surface area contributed by atoms with Crippen molar-refractivity contribution >= 4 is 34.4 Å². The number of ether oxygens (including phenoxy) is 1. The number of furan rings is 1. The maximum Gasteiger partial charge on any atom is 0.307 e. The Balaban J connectivity index is 1.43.